The Morgan fingerprint density at radius 2 is 1.66 bits per heavy atom. The lowest BCUT2D eigenvalue weighted by Crippen LogP contribution is -2.36. The van der Waals surface area contributed by atoms with Crippen molar-refractivity contribution in [1.82, 2.24) is 9.73 Å². The first-order valence-electron chi connectivity index (χ1n) is 9.10. The predicted octanol–water partition coefficient (Wildman–Crippen LogP) is 2.15. The highest BCUT2D eigenvalue weighted by atomic mass is 35.5. The Bertz CT molecular complexity index is 1110. The van der Waals surface area contributed by atoms with E-state index in [1.165, 1.54) is 59.9 Å². The van der Waals surface area contributed by atoms with Crippen molar-refractivity contribution in [3.63, 3.8) is 0 Å². The molecule has 0 aromatic heterocycles. The molecule has 174 valence electrons. The highest BCUT2D eigenvalue weighted by molar-refractivity contribution is 7.89. The van der Waals surface area contributed by atoms with E-state index in [9.17, 15) is 13.2 Å². The minimum atomic E-state index is -3.96. The zero-order chi connectivity index (χ0) is 23.9. The minimum Gasteiger partial charge on any atom is -0.495 e. The molecule has 0 aliphatic rings. The van der Waals surface area contributed by atoms with E-state index in [2.05, 4.69) is 10.5 Å². The standard InChI is InChI=1S/C20H24ClN3O7S/c1-24(32(26,27)14-7-9-16(28-2)15(21)10-14)12-18(25)23-22-11-13-6-8-17(29-3)20(31-5)19(13)30-4/h6-11H,12H2,1-5H3,(H,23,25)/b22-11-. The quantitative estimate of drug-likeness (QED) is 0.405. The summed E-state index contributed by atoms with van der Waals surface area (Å²) in [5, 5.41) is 4.00. The summed E-state index contributed by atoms with van der Waals surface area (Å²) >= 11 is 6.00. The monoisotopic (exact) mass is 485 g/mol. The normalized spacial score (nSPS) is 11.5. The van der Waals surface area contributed by atoms with Crippen LogP contribution < -0.4 is 24.4 Å². The first-order chi connectivity index (χ1) is 15.2. The number of nitrogens with zero attached hydrogens (tertiary/aromatic N) is 2. The molecule has 0 aliphatic carbocycles. The SMILES string of the molecule is COc1ccc(S(=O)(=O)N(C)CC(=O)N/N=C\c2ccc(OC)c(OC)c2OC)cc1Cl. The summed E-state index contributed by atoms with van der Waals surface area (Å²) in [5.74, 6) is 0.892. The van der Waals surface area contributed by atoms with Crippen LogP contribution in [0.3, 0.4) is 0 Å². The fourth-order valence-electron chi connectivity index (χ4n) is 2.71. The molecule has 32 heavy (non-hydrogen) atoms. The third kappa shape index (κ3) is 5.61. The number of sulfonamides is 1. The largest absolute Gasteiger partial charge is 0.495 e. The minimum absolute atomic E-state index is 0.0721. The molecular weight excluding hydrogens is 462 g/mol. The zero-order valence-corrected chi connectivity index (χ0v) is 19.8. The van der Waals surface area contributed by atoms with Crippen molar-refractivity contribution in [3.05, 3.63) is 40.9 Å². The van der Waals surface area contributed by atoms with Gasteiger partial charge in [0.1, 0.15) is 5.75 Å². The van der Waals surface area contributed by atoms with Crippen LogP contribution in [0, 0.1) is 0 Å². The number of nitrogens with one attached hydrogen (secondary N) is 1. The lowest BCUT2D eigenvalue weighted by Gasteiger charge is -2.17. The summed E-state index contributed by atoms with van der Waals surface area (Å²) in [7, 11) is 3.16. The Morgan fingerprint density at radius 1 is 1.03 bits per heavy atom. The second-order valence-electron chi connectivity index (χ2n) is 6.27. The van der Waals surface area contributed by atoms with Gasteiger partial charge in [0.25, 0.3) is 5.91 Å². The van der Waals surface area contributed by atoms with Gasteiger partial charge in [0, 0.05) is 12.6 Å². The van der Waals surface area contributed by atoms with Crippen molar-refractivity contribution in [3.8, 4) is 23.0 Å². The molecule has 0 spiro atoms. The molecule has 2 rings (SSSR count). The van der Waals surface area contributed by atoms with Gasteiger partial charge in [-0.05, 0) is 30.3 Å². The molecule has 0 aliphatic heterocycles. The number of ether oxygens (including phenoxy) is 4. The second kappa shape index (κ2) is 11.0. The van der Waals surface area contributed by atoms with Crippen LogP contribution in [0.15, 0.2) is 40.3 Å². The maximum Gasteiger partial charge on any atom is 0.255 e. The van der Waals surface area contributed by atoms with Gasteiger partial charge in [-0.15, -0.1) is 0 Å². The zero-order valence-electron chi connectivity index (χ0n) is 18.2. The van der Waals surface area contributed by atoms with Crippen molar-refractivity contribution in [2.45, 2.75) is 4.90 Å². The van der Waals surface area contributed by atoms with E-state index in [1.54, 1.807) is 12.1 Å². The molecule has 1 N–H and O–H groups in total. The molecule has 0 saturated heterocycles. The van der Waals surface area contributed by atoms with Crippen LogP contribution >= 0.6 is 11.6 Å². The second-order valence-corrected chi connectivity index (χ2v) is 8.73. The third-order valence-electron chi connectivity index (χ3n) is 4.33. The number of hydrazone groups is 1. The summed E-state index contributed by atoms with van der Waals surface area (Å²) in [6.45, 7) is -0.466. The summed E-state index contributed by atoms with van der Waals surface area (Å²) in [6.07, 6.45) is 1.34. The topological polar surface area (TPSA) is 116 Å². The van der Waals surface area contributed by atoms with Gasteiger partial charge in [0.15, 0.2) is 11.5 Å². The molecule has 0 fully saturated rings. The van der Waals surface area contributed by atoms with Gasteiger partial charge in [0.05, 0.1) is 51.1 Å². The Hall–Kier alpha value is -3.02. The summed E-state index contributed by atoms with van der Waals surface area (Å²) in [5.41, 5.74) is 2.80. The van der Waals surface area contributed by atoms with Crippen LogP contribution in [-0.4, -0.2) is 66.9 Å². The van der Waals surface area contributed by atoms with Crippen molar-refractivity contribution < 1.29 is 32.2 Å². The Balaban J connectivity index is 2.09. The molecule has 2 aromatic rings. The van der Waals surface area contributed by atoms with Crippen LogP contribution in [-0.2, 0) is 14.8 Å². The van der Waals surface area contributed by atoms with Crippen LogP contribution in [0.25, 0.3) is 0 Å². The molecule has 0 radical (unpaired) electrons. The molecule has 0 bridgehead atoms. The van der Waals surface area contributed by atoms with E-state index in [0.29, 0.717) is 28.6 Å². The fraction of sp³-hybridized carbons (Fsp3) is 0.300. The Morgan fingerprint density at radius 3 is 2.22 bits per heavy atom. The van der Waals surface area contributed by atoms with Crippen molar-refractivity contribution in [2.75, 3.05) is 42.0 Å². The number of hydrogen-bond donors (Lipinski definition) is 1. The van der Waals surface area contributed by atoms with Crippen LogP contribution in [0.4, 0.5) is 0 Å². The lowest BCUT2D eigenvalue weighted by atomic mass is 10.2. The van der Waals surface area contributed by atoms with Gasteiger partial charge < -0.3 is 18.9 Å². The average Bonchev–Trinajstić information content (AvgIpc) is 2.78. The average molecular weight is 486 g/mol. The summed E-state index contributed by atoms with van der Waals surface area (Å²) in [4.78, 5) is 12.1. The van der Waals surface area contributed by atoms with E-state index in [-0.39, 0.29) is 9.92 Å². The van der Waals surface area contributed by atoms with Gasteiger partial charge in [-0.3, -0.25) is 4.79 Å². The number of hydrogen-bond acceptors (Lipinski definition) is 8. The van der Waals surface area contributed by atoms with Crippen LogP contribution in [0.1, 0.15) is 5.56 Å². The Labute approximate surface area is 191 Å². The molecule has 0 atom stereocenters. The molecule has 1 amide bonds. The van der Waals surface area contributed by atoms with E-state index in [4.69, 9.17) is 30.5 Å². The molecule has 12 heteroatoms. The lowest BCUT2D eigenvalue weighted by molar-refractivity contribution is -0.121. The van der Waals surface area contributed by atoms with Gasteiger partial charge in [-0.2, -0.15) is 9.41 Å². The number of methoxy groups -OCH3 is 4. The number of amides is 1. The third-order valence-corrected chi connectivity index (χ3v) is 6.42. The van der Waals surface area contributed by atoms with Gasteiger partial charge in [-0.25, -0.2) is 13.8 Å². The van der Waals surface area contributed by atoms with Crippen molar-refractivity contribution >= 4 is 33.7 Å². The number of rotatable bonds is 10. The molecule has 10 nitrogen and oxygen atoms in total. The van der Waals surface area contributed by atoms with Crippen LogP contribution in [0.5, 0.6) is 23.0 Å². The highest BCUT2D eigenvalue weighted by Crippen LogP contribution is 2.39. The van der Waals surface area contributed by atoms with Crippen molar-refractivity contribution in [2.24, 2.45) is 5.10 Å². The molecule has 0 heterocycles. The van der Waals surface area contributed by atoms with Crippen molar-refractivity contribution in [1.29, 1.82) is 0 Å². The number of halogens is 1. The first-order valence-corrected chi connectivity index (χ1v) is 10.9. The predicted molar refractivity (Wildman–Crippen MR) is 120 cm³/mol. The smallest absolute Gasteiger partial charge is 0.255 e. The highest BCUT2D eigenvalue weighted by Gasteiger charge is 2.24. The molecular formula is C20H24ClN3O7S. The van der Waals surface area contributed by atoms with E-state index >= 15 is 0 Å². The van der Waals surface area contributed by atoms with Gasteiger partial charge in [-0.1, -0.05) is 11.6 Å². The van der Waals surface area contributed by atoms with E-state index < -0.39 is 22.5 Å². The maximum absolute atomic E-state index is 12.7. The first kappa shape index (κ1) is 25.2. The Kier molecular flexibility index (Phi) is 8.70. The number of carbonyl (C=O) groups is 1. The summed E-state index contributed by atoms with van der Waals surface area (Å²) < 4.78 is 47.1. The van der Waals surface area contributed by atoms with Crippen LogP contribution in [0.2, 0.25) is 5.02 Å². The maximum atomic E-state index is 12.7. The molecule has 0 saturated carbocycles. The van der Waals surface area contributed by atoms with E-state index in [0.717, 1.165) is 4.31 Å². The molecule has 0 unspecified atom stereocenters. The molecule has 2 aromatic carbocycles. The number of carbonyl (C=O) groups excluding carboxylic acids is 1. The summed E-state index contributed by atoms with van der Waals surface area (Å²) in [6, 6.07) is 7.36. The van der Waals surface area contributed by atoms with Gasteiger partial charge >= 0.3 is 0 Å². The number of benzene rings is 2. The van der Waals surface area contributed by atoms with E-state index in [1.807, 2.05) is 0 Å². The van der Waals surface area contributed by atoms with Gasteiger partial charge in [0.2, 0.25) is 15.8 Å². The number of likely N-dealkylation sites (N-methyl/N-ethyl adjacent to an activating group) is 1. The fourth-order valence-corrected chi connectivity index (χ4v) is 4.19.